The van der Waals surface area contributed by atoms with Crippen molar-refractivity contribution in [3.8, 4) is 5.69 Å². The third kappa shape index (κ3) is 4.84. The van der Waals surface area contributed by atoms with E-state index in [1.165, 1.54) is 0 Å². The number of rotatable bonds is 5. The minimum atomic E-state index is 0. The second-order valence-electron chi connectivity index (χ2n) is 4.25. The summed E-state index contributed by atoms with van der Waals surface area (Å²) in [4.78, 5) is 4.29. The lowest BCUT2D eigenvalue weighted by molar-refractivity contribution is 0.825. The van der Waals surface area contributed by atoms with Gasteiger partial charge in [-0.15, -0.1) is 24.0 Å². The topological polar surface area (TPSA) is 68.2 Å². The van der Waals surface area contributed by atoms with Crippen LogP contribution in [0.25, 0.3) is 5.69 Å². The Bertz CT molecular complexity index is 519. The van der Waals surface area contributed by atoms with E-state index in [9.17, 15) is 0 Å². The molecule has 0 radical (unpaired) electrons. The molecule has 0 aliphatic carbocycles. The number of guanidine groups is 1. The molecule has 3 N–H and O–H groups in total. The Morgan fingerprint density at radius 3 is 2.70 bits per heavy atom. The van der Waals surface area contributed by atoms with Gasteiger partial charge in [0.1, 0.15) is 0 Å². The van der Waals surface area contributed by atoms with Crippen molar-refractivity contribution < 1.29 is 0 Å². The standard InChI is InChI=1S/C14H19N5.HI/c1-2-8-16-14(15)17-11-12-4-6-13(7-5-12)19-10-3-9-18-19;/h3-7,9-10H,2,8,11H2,1H3,(H3,15,16,17);1H. The zero-order chi connectivity index (χ0) is 13.5. The fourth-order valence-electron chi connectivity index (χ4n) is 1.66. The third-order valence-electron chi connectivity index (χ3n) is 2.69. The molecule has 6 heteroatoms. The molecule has 0 amide bonds. The van der Waals surface area contributed by atoms with Crippen LogP contribution in [-0.2, 0) is 6.54 Å². The summed E-state index contributed by atoms with van der Waals surface area (Å²) in [5.41, 5.74) is 7.90. The largest absolute Gasteiger partial charge is 0.370 e. The van der Waals surface area contributed by atoms with E-state index in [1.807, 2.05) is 41.2 Å². The molecule has 2 rings (SSSR count). The third-order valence-corrected chi connectivity index (χ3v) is 2.69. The number of benzene rings is 1. The van der Waals surface area contributed by atoms with Crippen LogP contribution in [0.3, 0.4) is 0 Å². The van der Waals surface area contributed by atoms with Crippen LogP contribution in [0.15, 0.2) is 47.7 Å². The highest BCUT2D eigenvalue weighted by molar-refractivity contribution is 14.0. The Hall–Kier alpha value is -1.57. The Morgan fingerprint density at radius 1 is 1.35 bits per heavy atom. The number of hydrogen-bond acceptors (Lipinski definition) is 2. The Morgan fingerprint density at radius 2 is 2.10 bits per heavy atom. The molecule has 108 valence electrons. The van der Waals surface area contributed by atoms with Gasteiger partial charge in [-0.25, -0.2) is 9.67 Å². The predicted molar refractivity (Wildman–Crippen MR) is 92.6 cm³/mol. The van der Waals surface area contributed by atoms with E-state index in [2.05, 4.69) is 22.3 Å². The SMILES string of the molecule is CCCNC(N)=NCc1ccc(-n2cccn2)cc1.I. The summed E-state index contributed by atoms with van der Waals surface area (Å²) in [6.07, 6.45) is 4.72. The fraction of sp³-hybridized carbons (Fsp3) is 0.286. The maximum atomic E-state index is 5.74. The van der Waals surface area contributed by atoms with Crippen LogP contribution in [0.5, 0.6) is 0 Å². The van der Waals surface area contributed by atoms with Gasteiger partial charge in [-0.3, -0.25) is 0 Å². The molecular weight excluding hydrogens is 365 g/mol. The molecular formula is C14H20IN5. The van der Waals surface area contributed by atoms with E-state index in [4.69, 9.17) is 5.73 Å². The number of hydrogen-bond donors (Lipinski definition) is 2. The van der Waals surface area contributed by atoms with Crippen LogP contribution in [0.2, 0.25) is 0 Å². The van der Waals surface area contributed by atoms with Crippen LogP contribution in [0.1, 0.15) is 18.9 Å². The van der Waals surface area contributed by atoms with Crippen LogP contribution < -0.4 is 11.1 Å². The van der Waals surface area contributed by atoms with Gasteiger partial charge in [0, 0.05) is 18.9 Å². The summed E-state index contributed by atoms with van der Waals surface area (Å²) in [6.45, 7) is 3.53. The molecule has 5 nitrogen and oxygen atoms in total. The normalized spacial score (nSPS) is 10.9. The van der Waals surface area contributed by atoms with Gasteiger partial charge in [-0.1, -0.05) is 19.1 Å². The van der Waals surface area contributed by atoms with Gasteiger partial charge in [0.15, 0.2) is 5.96 Å². The average Bonchev–Trinajstić information content (AvgIpc) is 2.97. The van der Waals surface area contributed by atoms with E-state index < -0.39 is 0 Å². The molecule has 0 saturated carbocycles. The highest BCUT2D eigenvalue weighted by Gasteiger charge is 1.97. The molecule has 0 saturated heterocycles. The number of nitrogens with zero attached hydrogens (tertiary/aromatic N) is 3. The average molecular weight is 385 g/mol. The van der Waals surface area contributed by atoms with Crippen LogP contribution >= 0.6 is 24.0 Å². The quantitative estimate of drug-likeness (QED) is 0.472. The number of nitrogens with one attached hydrogen (secondary N) is 1. The van der Waals surface area contributed by atoms with Crippen LogP contribution in [0.4, 0.5) is 0 Å². The fourth-order valence-corrected chi connectivity index (χ4v) is 1.66. The van der Waals surface area contributed by atoms with Crippen molar-refractivity contribution in [1.29, 1.82) is 0 Å². The van der Waals surface area contributed by atoms with E-state index in [-0.39, 0.29) is 24.0 Å². The second-order valence-corrected chi connectivity index (χ2v) is 4.25. The minimum Gasteiger partial charge on any atom is -0.370 e. The maximum Gasteiger partial charge on any atom is 0.188 e. The van der Waals surface area contributed by atoms with Crippen molar-refractivity contribution in [3.63, 3.8) is 0 Å². The van der Waals surface area contributed by atoms with Gasteiger partial charge in [0.25, 0.3) is 0 Å². The summed E-state index contributed by atoms with van der Waals surface area (Å²) in [5.74, 6) is 0.498. The van der Waals surface area contributed by atoms with Crippen molar-refractivity contribution >= 4 is 29.9 Å². The van der Waals surface area contributed by atoms with Crippen LogP contribution in [0, 0.1) is 0 Å². The van der Waals surface area contributed by atoms with Crippen molar-refractivity contribution in [2.75, 3.05) is 6.54 Å². The second kappa shape index (κ2) is 8.57. The van der Waals surface area contributed by atoms with Crippen molar-refractivity contribution in [3.05, 3.63) is 48.3 Å². The zero-order valence-electron chi connectivity index (χ0n) is 11.5. The molecule has 1 aromatic carbocycles. The molecule has 1 aromatic heterocycles. The number of nitrogens with two attached hydrogens (primary N) is 1. The van der Waals surface area contributed by atoms with Gasteiger partial charge < -0.3 is 11.1 Å². The first kappa shape index (κ1) is 16.5. The van der Waals surface area contributed by atoms with Crippen LogP contribution in [-0.4, -0.2) is 22.3 Å². The Balaban J connectivity index is 0.00000200. The Labute approximate surface area is 136 Å². The number of halogens is 1. The van der Waals surface area contributed by atoms with E-state index in [0.717, 1.165) is 24.2 Å². The van der Waals surface area contributed by atoms with Gasteiger partial charge in [0.2, 0.25) is 0 Å². The minimum absolute atomic E-state index is 0. The van der Waals surface area contributed by atoms with Crippen molar-refractivity contribution in [2.24, 2.45) is 10.7 Å². The van der Waals surface area contributed by atoms with E-state index >= 15 is 0 Å². The Kier molecular flexibility index (Phi) is 7.06. The molecule has 0 aliphatic rings. The molecule has 0 fully saturated rings. The summed E-state index contributed by atoms with van der Waals surface area (Å²) in [5, 5.41) is 7.23. The first-order chi connectivity index (χ1) is 9.29. The van der Waals surface area contributed by atoms with Gasteiger partial charge in [-0.05, 0) is 30.2 Å². The van der Waals surface area contributed by atoms with Gasteiger partial charge in [-0.2, -0.15) is 5.10 Å². The molecule has 1 heterocycles. The maximum absolute atomic E-state index is 5.74. The first-order valence-electron chi connectivity index (χ1n) is 6.42. The van der Waals surface area contributed by atoms with E-state index in [0.29, 0.717) is 12.5 Å². The zero-order valence-corrected chi connectivity index (χ0v) is 13.8. The molecule has 0 unspecified atom stereocenters. The lowest BCUT2D eigenvalue weighted by Gasteiger charge is -2.05. The smallest absolute Gasteiger partial charge is 0.188 e. The summed E-state index contributed by atoms with van der Waals surface area (Å²) < 4.78 is 1.82. The monoisotopic (exact) mass is 385 g/mol. The molecule has 0 bridgehead atoms. The molecule has 20 heavy (non-hydrogen) atoms. The van der Waals surface area contributed by atoms with Crippen molar-refractivity contribution in [2.45, 2.75) is 19.9 Å². The predicted octanol–water partition coefficient (Wildman–Crippen LogP) is 2.30. The highest BCUT2D eigenvalue weighted by Crippen LogP contribution is 2.09. The first-order valence-corrected chi connectivity index (χ1v) is 6.42. The summed E-state index contributed by atoms with van der Waals surface area (Å²) in [6, 6.07) is 10.0. The molecule has 0 spiro atoms. The highest BCUT2D eigenvalue weighted by atomic mass is 127. The lowest BCUT2D eigenvalue weighted by atomic mass is 10.2. The van der Waals surface area contributed by atoms with Crippen molar-refractivity contribution in [1.82, 2.24) is 15.1 Å². The van der Waals surface area contributed by atoms with Gasteiger partial charge >= 0.3 is 0 Å². The molecule has 2 aromatic rings. The summed E-state index contributed by atoms with van der Waals surface area (Å²) >= 11 is 0. The number of aromatic nitrogens is 2. The number of aliphatic imine (C=N–C) groups is 1. The van der Waals surface area contributed by atoms with Gasteiger partial charge in [0.05, 0.1) is 12.2 Å². The van der Waals surface area contributed by atoms with E-state index in [1.54, 1.807) is 6.20 Å². The molecule has 0 atom stereocenters. The lowest BCUT2D eigenvalue weighted by Crippen LogP contribution is -2.32. The molecule has 0 aliphatic heterocycles. The summed E-state index contributed by atoms with van der Waals surface area (Å²) in [7, 11) is 0.